The first-order chi connectivity index (χ1) is 25.8. The van der Waals surface area contributed by atoms with Gasteiger partial charge in [-0.1, -0.05) is 51.1 Å². The van der Waals surface area contributed by atoms with Gasteiger partial charge in [-0.05, 0) is 88.5 Å². The topological polar surface area (TPSA) is 158 Å². The second-order valence-corrected chi connectivity index (χ2v) is 22.1. The van der Waals surface area contributed by atoms with Gasteiger partial charge >= 0.3 is 12.3 Å². The number of nitrogens with zero attached hydrogens (tertiary/aromatic N) is 2. The first-order valence-electron chi connectivity index (χ1n) is 18.2. The van der Waals surface area contributed by atoms with Crippen LogP contribution in [0, 0.1) is 11.8 Å². The quantitative estimate of drug-likeness (QED) is 0.166. The minimum absolute atomic E-state index is 0.0191. The van der Waals surface area contributed by atoms with Gasteiger partial charge in [0.05, 0.1) is 11.6 Å². The monoisotopic (exact) mass is 800 g/mol. The van der Waals surface area contributed by atoms with Crippen molar-refractivity contribution in [2.75, 3.05) is 14.1 Å². The molecule has 0 bridgehead atoms. The summed E-state index contributed by atoms with van der Waals surface area (Å²) in [6.45, 7) is 14.2. The lowest BCUT2D eigenvalue weighted by Gasteiger charge is -2.55. The summed E-state index contributed by atoms with van der Waals surface area (Å²) < 4.78 is 70.4. The number of hydrogen-bond donors (Lipinski definition) is 2. The summed E-state index contributed by atoms with van der Waals surface area (Å²) in [4.78, 5) is 45.2. The molecular formula is C40H47F3N2O10Si. The number of rotatable bonds is 8. The van der Waals surface area contributed by atoms with E-state index in [1.165, 1.54) is 20.8 Å². The number of fused-ring (bicyclic) bond motifs is 4. The molecule has 302 valence electrons. The highest BCUT2D eigenvalue weighted by molar-refractivity contribution is 6.74. The Hall–Kier alpha value is -4.67. The fourth-order valence-electron chi connectivity index (χ4n) is 7.70. The van der Waals surface area contributed by atoms with E-state index >= 15 is 4.79 Å². The lowest BCUT2D eigenvalue weighted by atomic mass is 9.58. The van der Waals surface area contributed by atoms with Crippen molar-refractivity contribution in [3.63, 3.8) is 0 Å². The number of allylic oxidation sites excluding steroid dienone is 1. The second kappa shape index (κ2) is 13.8. The van der Waals surface area contributed by atoms with Crippen LogP contribution in [0.25, 0.3) is 0 Å². The van der Waals surface area contributed by atoms with E-state index in [-0.39, 0.29) is 47.8 Å². The molecule has 0 aliphatic heterocycles. The van der Waals surface area contributed by atoms with Gasteiger partial charge in [0.2, 0.25) is 5.78 Å². The Morgan fingerprint density at radius 3 is 2.25 bits per heavy atom. The third-order valence-electron chi connectivity index (χ3n) is 11.1. The van der Waals surface area contributed by atoms with Crippen LogP contribution in [0.2, 0.25) is 18.1 Å². The van der Waals surface area contributed by atoms with Crippen LogP contribution >= 0.6 is 0 Å². The van der Waals surface area contributed by atoms with Crippen LogP contribution < -0.4 is 9.47 Å². The summed E-state index contributed by atoms with van der Waals surface area (Å²) in [5, 5.41) is 27.9. The van der Waals surface area contributed by atoms with E-state index in [1.807, 2.05) is 64.2 Å². The zero-order valence-electron chi connectivity index (χ0n) is 33.0. The number of halogens is 3. The van der Waals surface area contributed by atoms with Crippen LogP contribution in [0.4, 0.5) is 13.2 Å². The number of esters is 1. The Morgan fingerprint density at radius 1 is 1.04 bits per heavy atom. The van der Waals surface area contributed by atoms with Gasteiger partial charge in [-0.3, -0.25) is 14.5 Å². The molecule has 16 heteroatoms. The highest BCUT2D eigenvalue weighted by Crippen LogP contribution is 2.60. The Bertz CT molecular complexity index is 2110. The van der Waals surface area contributed by atoms with Gasteiger partial charge in [-0.25, -0.2) is 4.79 Å². The third kappa shape index (κ3) is 7.00. The molecule has 1 heterocycles. The number of ketones is 2. The standard InChI is InChI=1S/C40H47F3N2O10Si/c1-37(2,3)53-36(50)23-18-25(52-40(41,42)43)22-16-21-17-24-29(45(7)8)32-28(35(44-54-32)51-19-20-14-12-11-13-15-20)34(49)39(24,55-56(9,10)38(4,5)6)33(48)26(21)31(47)27(22)30(23)46/h11-15,18,21,24,29,46,48H,16-17,19H2,1-10H3. The maximum atomic E-state index is 15.4. The largest absolute Gasteiger partial charge is 0.573 e. The summed E-state index contributed by atoms with van der Waals surface area (Å²) >= 11 is 0. The van der Waals surface area contributed by atoms with Crippen molar-refractivity contribution in [3.8, 4) is 17.4 Å². The Labute approximate surface area is 323 Å². The molecule has 0 saturated heterocycles. The predicted octanol–water partition coefficient (Wildman–Crippen LogP) is 8.26. The van der Waals surface area contributed by atoms with E-state index in [0.717, 1.165) is 5.56 Å². The Kier molecular flexibility index (Phi) is 10.1. The fourth-order valence-corrected chi connectivity index (χ4v) is 9.15. The molecule has 0 amide bonds. The molecular weight excluding hydrogens is 754 g/mol. The van der Waals surface area contributed by atoms with Crippen molar-refractivity contribution in [2.24, 2.45) is 11.8 Å². The van der Waals surface area contributed by atoms with Crippen molar-refractivity contribution in [3.05, 3.63) is 81.3 Å². The number of aromatic nitrogens is 1. The molecule has 1 aromatic heterocycles. The van der Waals surface area contributed by atoms with Crippen LogP contribution in [-0.4, -0.2) is 77.8 Å². The predicted molar refractivity (Wildman–Crippen MR) is 198 cm³/mol. The van der Waals surface area contributed by atoms with Gasteiger partial charge < -0.3 is 33.4 Å². The van der Waals surface area contributed by atoms with Crippen LogP contribution in [0.15, 0.2) is 52.3 Å². The van der Waals surface area contributed by atoms with Crippen LogP contribution in [0.1, 0.15) is 102 Å². The molecule has 4 unspecified atom stereocenters. The molecule has 3 aliphatic carbocycles. The molecule has 2 N–H and O–H groups in total. The second-order valence-electron chi connectivity index (χ2n) is 17.3. The molecule has 0 fully saturated rings. The molecule has 2 aromatic carbocycles. The Morgan fingerprint density at radius 2 is 1.68 bits per heavy atom. The minimum Gasteiger partial charge on any atom is -0.508 e. The molecule has 12 nitrogen and oxygen atoms in total. The van der Waals surface area contributed by atoms with E-state index in [4.69, 9.17) is 18.4 Å². The smallest absolute Gasteiger partial charge is 0.508 e. The average molecular weight is 801 g/mol. The molecule has 6 rings (SSSR count). The molecule has 0 spiro atoms. The zero-order valence-corrected chi connectivity index (χ0v) is 34.0. The number of aliphatic hydroxyl groups excluding tert-OH is 1. The van der Waals surface area contributed by atoms with Crippen molar-refractivity contribution in [2.45, 2.75) is 103 Å². The summed E-state index contributed by atoms with van der Waals surface area (Å²) in [7, 11) is 0.384. The van der Waals surface area contributed by atoms with E-state index < -0.39 is 94.7 Å². The number of phenolic OH excluding ortho intramolecular Hbond substituents is 1. The summed E-state index contributed by atoms with van der Waals surface area (Å²) in [5.74, 6) is -7.60. The first-order valence-corrected chi connectivity index (χ1v) is 21.1. The molecule has 0 saturated carbocycles. The van der Waals surface area contributed by atoms with Gasteiger partial charge in [-0.15, -0.1) is 13.2 Å². The normalized spacial score (nSPS) is 22.6. The molecule has 4 atom stereocenters. The number of aromatic hydroxyl groups is 1. The van der Waals surface area contributed by atoms with Gasteiger partial charge in [0, 0.05) is 17.1 Å². The average Bonchev–Trinajstić information content (AvgIpc) is 3.48. The van der Waals surface area contributed by atoms with Crippen molar-refractivity contribution < 1.29 is 60.9 Å². The number of carbonyl (C=O) groups excluding carboxylic acids is 3. The maximum absolute atomic E-state index is 15.4. The van der Waals surface area contributed by atoms with Gasteiger partial charge in [-0.2, -0.15) is 0 Å². The summed E-state index contributed by atoms with van der Waals surface area (Å²) in [6, 6.07) is 9.03. The summed E-state index contributed by atoms with van der Waals surface area (Å²) in [5.41, 5.74) is -4.75. The highest BCUT2D eigenvalue weighted by Gasteiger charge is 2.67. The van der Waals surface area contributed by atoms with Gasteiger partial charge in [0.15, 0.2) is 25.5 Å². The molecule has 56 heavy (non-hydrogen) atoms. The molecule has 0 radical (unpaired) electrons. The third-order valence-corrected chi connectivity index (χ3v) is 15.6. The van der Waals surface area contributed by atoms with Crippen LogP contribution in [0.3, 0.4) is 0 Å². The fraction of sp³-hybridized carbons (Fsp3) is 0.500. The molecule has 3 aromatic rings. The number of Topliss-reactive ketones (excluding diaryl/α,β-unsaturated/α-hetero) is 2. The van der Waals surface area contributed by atoms with E-state index in [0.29, 0.717) is 6.07 Å². The van der Waals surface area contributed by atoms with Crippen molar-refractivity contribution >= 4 is 25.9 Å². The number of benzene rings is 2. The lowest BCUT2D eigenvalue weighted by molar-refractivity contribution is -0.275. The number of aliphatic hydroxyl groups is 1. The van der Waals surface area contributed by atoms with Gasteiger partial charge in [0.25, 0.3) is 5.88 Å². The zero-order chi connectivity index (χ0) is 41.5. The maximum Gasteiger partial charge on any atom is 0.573 e. The van der Waals surface area contributed by atoms with Crippen molar-refractivity contribution in [1.82, 2.24) is 10.1 Å². The molecule has 3 aliphatic rings. The number of carbonyl (C=O) groups is 3. The number of alkyl halides is 3. The Balaban J connectivity index is 1.60. The highest BCUT2D eigenvalue weighted by atomic mass is 28.4. The van der Waals surface area contributed by atoms with Crippen LogP contribution in [0.5, 0.6) is 17.4 Å². The van der Waals surface area contributed by atoms with Gasteiger partial charge in [0.1, 0.15) is 40.6 Å². The van der Waals surface area contributed by atoms with E-state index in [1.54, 1.807) is 19.0 Å². The SMILES string of the molecule is CN(C)C1c2onc(OCc3ccccc3)c2C(=O)C2(O[Si](C)(C)C(C)(C)C)C(O)=C3C(=O)c4c(O)c(C(=O)OC(C)(C)C)cc(OC(F)(F)F)c4CC3CC12. The van der Waals surface area contributed by atoms with Crippen LogP contribution in [-0.2, 0) is 22.2 Å². The lowest BCUT2D eigenvalue weighted by Crippen LogP contribution is -2.65. The van der Waals surface area contributed by atoms with Crippen molar-refractivity contribution in [1.29, 1.82) is 0 Å². The number of ether oxygens (including phenoxy) is 3. The first kappa shape index (κ1) is 41.0. The summed E-state index contributed by atoms with van der Waals surface area (Å²) in [6.07, 6.45) is -5.65. The number of phenols is 1. The van der Waals surface area contributed by atoms with E-state index in [9.17, 15) is 33.0 Å². The number of hydrogen-bond acceptors (Lipinski definition) is 12. The minimum atomic E-state index is -5.25. The van der Waals surface area contributed by atoms with E-state index in [2.05, 4.69) is 9.89 Å².